The van der Waals surface area contributed by atoms with E-state index in [0.29, 0.717) is 18.1 Å². The summed E-state index contributed by atoms with van der Waals surface area (Å²) in [4.78, 5) is 17.4. The van der Waals surface area contributed by atoms with Gasteiger partial charge in [0.25, 0.3) is 0 Å². The van der Waals surface area contributed by atoms with Crippen molar-refractivity contribution in [2.75, 3.05) is 20.3 Å². The second-order valence-corrected chi connectivity index (χ2v) is 9.43. The summed E-state index contributed by atoms with van der Waals surface area (Å²) >= 11 is 0. The molecule has 0 spiro atoms. The number of ether oxygens (including phenoxy) is 2. The van der Waals surface area contributed by atoms with Crippen LogP contribution in [-0.2, 0) is 16.8 Å². The molecule has 174 valence electrons. The number of carbonyl (C=O) groups is 1. The molecule has 2 unspecified atom stereocenters. The van der Waals surface area contributed by atoms with E-state index < -0.39 is 5.97 Å². The maximum Gasteiger partial charge on any atom is 0.335 e. The number of H-pyrrole nitrogens is 1. The summed E-state index contributed by atoms with van der Waals surface area (Å²) in [6.07, 6.45) is 5.30. The lowest BCUT2D eigenvalue weighted by Crippen LogP contribution is -2.60. The molecule has 2 aliphatic heterocycles. The number of aromatic nitrogens is 1. The summed E-state index contributed by atoms with van der Waals surface area (Å²) in [5.74, 6) is 0.525. The number of hydrogen-bond acceptors (Lipinski definition) is 4. The number of nitrogens with zero attached hydrogens (tertiary/aromatic N) is 1. The number of fused-ring (bicyclic) bond motifs is 4. The average molecular weight is 449 g/mol. The van der Waals surface area contributed by atoms with Crippen molar-refractivity contribution in [1.29, 1.82) is 0 Å². The first kappa shape index (κ1) is 22.0. The van der Waals surface area contributed by atoms with E-state index in [0.717, 1.165) is 43.6 Å². The molecule has 6 heteroatoms. The SMILES string of the molecule is CCOC1C[C@@]2(c3ccc(C(=O)O)cc3)CCC1CN2Cc1c(OC)cc(C)c2[nH]ccc12. The van der Waals surface area contributed by atoms with Gasteiger partial charge in [-0.15, -0.1) is 0 Å². The van der Waals surface area contributed by atoms with Crippen LogP contribution in [0.25, 0.3) is 10.9 Å². The number of methoxy groups -OCH3 is 1. The van der Waals surface area contributed by atoms with E-state index in [1.165, 1.54) is 22.1 Å². The quantitative estimate of drug-likeness (QED) is 0.526. The molecule has 33 heavy (non-hydrogen) atoms. The molecule has 3 aromatic rings. The van der Waals surface area contributed by atoms with Crippen molar-refractivity contribution in [3.63, 3.8) is 0 Å². The molecule has 3 aliphatic rings. The molecule has 2 saturated heterocycles. The molecule has 3 fully saturated rings. The highest BCUT2D eigenvalue weighted by Gasteiger charge is 2.52. The molecule has 2 aromatic carbocycles. The average Bonchev–Trinajstić information content (AvgIpc) is 3.32. The number of aromatic amines is 1. The monoisotopic (exact) mass is 448 g/mol. The zero-order valence-corrected chi connectivity index (χ0v) is 19.6. The van der Waals surface area contributed by atoms with E-state index in [1.54, 1.807) is 19.2 Å². The predicted octanol–water partition coefficient (Wildman–Crippen LogP) is 5.10. The summed E-state index contributed by atoms with van der Waals surface area (Å²) in [7, 11) is 1.74. The summed E-state index contributed by atoms with van der Waals surface area (Å²) in [6, 6.07) is 11.7. The minimum atomic E-state index is -0.894. The maximum atomic E-state index is 11.4. The molecule has 0 radical (unpaired) electrons. The van der Waals surface area contributed by atoms with Crippen molar-refractivity contribution in [1.82, 2.24) is 9.88 Å². The number of piperidine rings is 2. The van der Waals surface area contributed by atoms with Crippen molar-refractivity contribution < 1.29 is 19.4 Å². The van der Waals surface area contributed by atoms with Crippen LogP contribution in [-0.4, -0.2) is 47.3 Å². The van der Waals surface area contributed by atoms with Crippen LogP contribution >= 0.6 is 0 Å². The summed E-state index contributed by atoms with van der Waals surface area (Å²) in [5.41, 5.74) is 4.82. The van der Waals surface area contributed by atoms with Crippen LogP contribution in [0, 0.1) is 12.8 Å². The Morgan fingerprint density at radius 3 is 2.76 bits per heavy atom. The van der Waals surface area contributed by atoms with Gasteiger partial charge in [0, 0.05) is 47.9 Å². The molecule has 1 aliphatic carbocycles. The molecule has 1 aromatic heterocycles. The molecular formula is C27H32N2O4. The molecular weight excluding hydrogens is 416 g/mol. The highest BCUT2D eigenvalue weighted by atomic mass is 16.5. The van der Waals surface area contributed by atoms with Gasteiger partial charge in [-0.25, -0.2) is 4.79 Å². The van der Waals surface area contributed by atoms with E-state index in [4.69, 9.17) is 9.47 Å². The van der Waals surface area contributed by atoms with Crippen LogP contribution in [0.1, 0.15) is 53.2 Å². The fraction of sp³-hybridized carbons (Fsp3) is 0.444. The Labute approximate surface area is 194 Å². The fourth-order valence-corrected chi connectivity index (χ4v) is 6.13. The molecule has 6 rings (SSSR count). The number of nitrogens with one attached hydrogen (secondary N) is 1. The van der Waals surface area contributed by atoms with Gasteiger partial charge in [0.2, 0.25) is 0 Å². The van der Waals surface area contributed by atoms with E-state index in [9.17, 15) is 9.90 Å². The molecule has 3 heterocycles. The van der Waals surface area contributed by atoms with Crippen LogP contribution in [0.5, 0.6) is 5.75 Å². The zero-order chi connectivity index (χ0) is 23.2. The van der Waals surface area contributed by atoms with Crippen molar-refractivity contribution in [2.24, 2.45) is 5.92 Å². The van der Waals surface area contributed by atoms with Crippen LogP contribution < -0.4 is 4.74 Å². The summed E-state index contributed by atoms with van der Waals surface area (Å²) in [5, 5.41) is 10.6. The Morgan fingerprint density at radius 2 is 2.06 bits per heavy atom. The van der Waals surface area contributed by atoms with Gasteiger partial charge in [0.1, 0.15) is 5.75 Å². The van der Waals surface area contributed by atoms with Gasteiger partial charge in [0.15, 0.2) is 0 Å². The molecule has 1 saturated carbocycles. The third kappa shape index (κ3) is 3.62. The van der Waals surface area contributed by atoms with Crippen molar-refractivity contribution >= 4 is 16.9 Å². The summed E-state index contributed by atoms with van der Waals surface area (Å²) < 4.78 is 12.0. The largest absolute Gasteiger partial charge is 0.496 e. The molecule has 2 bridgehead atoms. The third-order valence-electron chi connectivity index (χ3n) is 7.78. The minimum absolute atomic E-state index is 0.190. The van der Waals surface area contributed by atoms with E-state index in [-0.39, 0.29) is 11.6 Å². The molecule has 0 amide bonds. The van der Waals surface area contributed by atoms with E-state index in [1.807, 2.05) is 18.3 Å². The third-order valence-corrected chi connectivity index (χ3v) is 7.78. The lowest BCUT2D eigenvalue weighted by atomic mass is 9.65. The highest BCUT2D eigenvalue weighted by molar-refractivity contribution is 5.88. The Bertz CT molecular complexity index is 1170. The minimum Gasteiger partial charge on any atom is -0.496 e. The van der Waals surface area contributed by atoms with E-state index in [2.05, 4.69) is 35.9 Å². The van der Waals surface area contributed by atoms with Gasteiger partial charge in [-0.05, 0) is 74.4 Å². The lowest BCUT2D eigenvalue weighted by Gasteiger charge is -2.58. The van der Waals surface area contributed by atoms with Crippen LogP contribution in [0.4, 0.5) is 0 Å². The van der Waals surface area contributed by atoms with E-state index >= 15 is 0 Å². The molecule has 2 N–H and O–H groups in total. The first-order valence-electron chi connectivity index (χ1n) is 11.8. The first-order chi connectivity index (χ1) is 16.0. The summed E-state index contributed by atoms with van der Waals surface area (Å²) in [6.45, 7) is 6.60. The van der Waals surface area contributed by atoms with Gasteiger partial charge in [-0.3, -0.25) is 4.90 Å². The van der Waals surface area contributed by atoms with Crippen LogP contribution in [0.2, 0.25) is 0 Å². The van der Waals surface area contributed by atoms with Gasteiger partial charge >= 0.3 is 5.97 Å². The predicted molar refractivity (Wildman–Crippen MR) is 128 cm³/mol. The number of aryl methyl sites for hydroxylation is 1. The first-order valence-corrected chi connectivity index (χ1v) is 11.8. The number of hydrogen-bond donors (Lipinski definition) is 2. The smallest absolute Gasteiger partial charge is 0.335 e. The standard InChI is InChI=1S/C27H32N2O4/c1-4-33-24-14-27(20-7-5-18(6-8-20)26(30)31)11-9-19(24)15-29(27)16-22-21-10-12-28-25(21)17(2)13-23(22)32-3/h5-8,10,12-13,19,24,28H,4,9,11,14-16H2,1-3H3,(H,30,31)/t19?,24?,27-/m1/s1. The van der Waals surface area contributed by atoms with Gasteiger partial charge in [-0.1, -0.05) is 12.1 Å². The van der Waals surface area contributed by atoms with Gasteiger partial charge < -0.3 is 19.6 Å². The van der Waals surface area contributed by atoms with Crippen molar-refractivity contribution in [3.05, 3.63) is 64.8 Å². The fourth-order valence-electron chi connectivity index (χ4n) is 6.13. The van der Waals surface area contributed by atoms with Gasteiger partial charge in [0.05, 0.1) is 18.8 Å². The Balaban J connectivity index is 1.58. The number of carboxylic acid groups (broad SMARTS) is 1. The Hall–Kier alpha value is -2.83. The molecule has 6 nitrogen and oxygen atoms in total. The number of benzene rings is 2. The van der Waals surface area contributed by atoms with Gasteiger partial charge in [-0.2, -0.15) is 0 Å². The van der Waals surface area contributed by atoms with Crippen LogP contribution in [0.15, 0.2) is 42.6 Å². The Kier molecular flexibility index (Phi) is 5.67. The maximum absolute atomic E-state index is 11.4. The second kappa shape index (κ2) is 8.50. The Morgan fingerprint density at radius 1 is 1.27 bits per heavy atom. The topological polar surface area (TPSA) is 74.8 Å². The lowest BCUT2D eigenvalue weighted by molar-refractivity contribution is -0.135. The van der Waals surface area contributed by atoms with Crippen molar-refractivity contribution in [2.45, 2.75) is 51.3 Å². The van der Waals surface area contributed by atoms with Crippen LogP contribution in [0.3, 0.4) is 0 Å². The zero-order valence-electron chi connectivity index (χ0n) is 19.6. The number of rotatable bonds is 7. The number of aromatic carboxylic acids is 1. The molecule has 3 atom stereocenters. The van der Waals surface area contributed by atoms with Crippen molar-refractivity contribution in [3.8, 4) is 5.75 Å². The normalized spacial score (nSPS) is 24.9. The number of carboxylic acids is 1. The second-order valence-electron chi connectivity index (χ2n) is 9.43. The highest BCUT2D eigenvalue weighted by Crippen LogP contribution is 2.51.